The molecular weight excluding hydrogens is 324 g/mol. The minimum absolute atomic E-state index is 0.0480. The van der Waals surface area contributed by atoms with E-state index in [1.807, 2.05) is 31.7 Å². The summed E-state index contributed by atoms with van der Waals surface area (Å²) in [6, 6.07) is 1.97. The smallest absolute Gasteiger partial charge is 0.265 e. The molecule has 1 saturated heterocycles. The van der Waals surface area contributed by atoms with E-state index >= 15 is 0 Å². The fourth-order valence-corrected chi connectivity index (χ4v) is 3.76. The van der Waals surface area contributed by atoms with Gasteiger partial charge in [-0.2, -0.15) is 0 Å². The van der Waals surface area contributed by atoms with E-state index in [2.05, 4.69) is 15.0 Å². The van der Waals surface area contributed by atoms with Crippen LogP contribution in [0.25, 0.3) is 0 Å². The number of thiazole rings is 1. The van der Waals surface area contributed by atoms with Gasteiger partial charge in [0.1, 0.15) is 10.7 Å². The Morgan fingerprint density at radius 2 is 2.08 bits per heavy atom. The molecule has 3 heterocycles. The molecule has 3 rings (SSSR count). The molecule has 24 heavy (non-hydrogen) atoms. The standard InChI is InChI=1S/C17H22N4O2S/c1-11-6-12(2)20-15(19-11)7-14-8-21(4-5-23-9-14)17(22)16-13(3)18-10-24-16/h6,10,14H,4-5,7-9H2,1-3H3/t14-/m0/s1. The van der Waals surface area contributed by atoms with Crippen molar-refractivity contribution in [3.63, 3.8) is 0 Å². The van der Waals surface area contributed by atoms with Crippen LogP contribution in [-0.4, -0.2) is 52.1 Å². The van der Waals surface area contributed by atoms with Crippen molar-refractivity contribution in [3.05, 3.63) is 39.4 Å². The van der Waals surface area contributed by atoms with Crippen molar-refractivity contribution in [2.75, 3.05) is 26.3 Å². The van der Waals surface area contributed by atoms with Crippen molar-refractivity contribution >= 4 is 17.2 Å². The van der Waals surface area contributed by atoms with E-state index in [0.29, 0.717) is 32.7 Å². The Balaban J connectivity index is 1.73. The van der Waals surface area contributed by atoms with Gasteiger partial charge in [0.15, 0.2) is 0 Å². The van der Waals surface area contributed by atoms with Gasteiger partial charge in [-0.15, -0.1) is 11.3 Å². The van der Waals surface area contributed by atoms with Crippen LogP contribution >= 0.6 is 11.3 Å². The van der Waals surface area contributed by atoms with Crippen molar-refractivity contribution in [2.24, 2.45) is 5.92 Å². The van der Waals surface area contributed by atoms with Crippen molar-refractivity contribution in [1.29, 1.82) is 0 Å². The molecule has 0 aromatic carbocycles. The number of nitrogens with zero attached hydrogens (tertiary/aromatic N) is 4. The summed E-state index contributed by atoms with van der Waals surface area (Å²) >= 11 is 1.40. The minimum atomic E-state index is 0.0480. The SMILES string of the molecule is Cc1cc(C)nc(C[C@@H]2COCCN(C(=O)c3scnc3C)C2)n1. The molecule has 0 radical (unpaired) electrons. The Bertz CT molecular complexity index is 711. The highest BCUT2D eigenvalue weighted by molar-refractivity contribution is 7.11. The first-order valence-corrected chi connectivity index (χ1v) is 8.99. The summed E-state index contributed by atoms with van der Waals surface area (Å²) < 4.78 is 5.71. The predicted octanol–water partition coefficient (Wildman–Crippen LogP) is 2.19. The van der Waals surface area contributed by atoms with E-state index in [1.165, 1.54) is 11.3 Å². The lowest BCUT2D eigenvalue weighted by Gasteiger charge is -2.23. The van der Waals surface area contributed by atoms with E-state index < -0.39 is 0 Å². The first-order valence-electron chi connectivity index (χ1n) is 8.11. The average molecular weight is 346 g/mol. The molecule has 1 aliphatic rings. The molecule has 2 aromatic heterocycles. The van der Waals surface area contributed by atoms with Gasteiger partial charge >= 0.3 is 0 Å². The van der Waals surface area contributed by atoms with Crippen LogP contribution < -0.4 is 0 Å². The molecule has 1 amide bonds. The van der Waals surface area contributed by atoms with Crippen LogP contribution in [0, 0.1) is 26.7 Å². The van der Waals surface area contributed by atoms with E-state index in [9.17, 15) is 4.79 Å². The third-order valence-electron chi connectivity index (χ3n) is 4.06. The Hall–Kier alpha value is -1.86. The van der Waals surface area contributed by atoms with Gasteiger partial charge in [0.2, 0.25) is 0 Å². The second-order valence-corrected chi connectivity index (χ2v) is 7.08. The fourth-order valence-electron chi connectivity index (χ4n) is 2.99. The van der Waals surface area contributed by atoms with Gasteiger partial charge in [0.25, 0.3) is 5.91 Å². The number of aryl methyl sites for hydroxylation is 3. The molecule has 0 aliphatic carbocycles. The average Bonchev–Trinajstić information content (AvgIpc) is 2.80. The van der Waals surface area contributed by atoms with Gasteiger partial charge in [-0.1, -0.05) is 0 Å². The maximum Gasteiger partial charge on any atom is 0.265 e. The lowest BCUT2D eigenvalue weighted by Crippen LogP contribution is -2.36. The second kappa shape index (κ2) is 7.36. The number of aromatic nitrogens is 3. The van der Waals surface area contributed by atoms with Gasteiger partial charge in [-0.25, -0.2) is 15.0 Å². The topological polar surface area (TPSA) is 68.2 Å². The molecule has 1 atom stereocenters. The maximum absolute atomic E-state index is 12.8. The summed E-state index contributed by atoms with van der Waals surface area (Å²) in [4.78, 5) is 28.6. The molecule has 0 spiro atoms. The highest BCUT2D eigenvalue weighted by Crippen LogP contribution is 2.19. The normalized spacial score (nSPS) is 18.5. The van der Waals surface area contributed by atoms with E-state index in [0.717, 1.165) is 27.8 Å². The van der Waals surface area contributed by atoms with Crippen LogP contribution in [0.5, 0.6) is 0 Å². The number of ether oxygens (including phenoxy) is 1. The Morgan fingerprint density at radius 3 is 2.75 bits per heavy atom. The minimum Gasteiger partial charge on any atom is -0.379 e. The summed E-state index contributed by atoms with van der Waals surface area (Å²) in [5, 5.41) is 0. The molecule has 2 aromatic rings. The van der Waals surface area contributed by atoms with Crippen LogP contribution in [-0.2, 0) is 11.2 Å². The zero-order valence-corrected chi connectivity index (χ0v) is 15.1. The predicted molar refractivity (Wildman–Crippen MR) is 92.3 cm³/mol. The lowest BCUT2D eigenvalue weighted by atomic mass is 10.1. The number of rotatable bonds is 3. The molecule has 0 unspecified atom stereocenters. The summed E-state index contributed by atoms with van der Waals surface area (Å²) in [6.45, 7) is 8.29. The van der Waals surface area contributed by atoms with Crippen molar-refractivity contribution in [3.8, 4) is 0 Å². The fraction of sp³-hybridized carbons (Fsp3) is 0.529. The van der Waals surface area contributed by atoms with E-state index in [-0.39, 0.29) is 11.8 Å². The number of amides is 1. The second-order valence-electron chi connectivity index (χ2n) is 6.23. The highest BCUT2D eigenvalue weighted by atomic mass is 32.1. The molecule has 1 aliphatic heterocycles. The maximum atomic E-state index is 12.8. The van der Waals surface area contributed by atoms with Gasteiger partial charge in [0.05, 0.1) is 24.4 Å². The van der Waals surface area contributed by atoms with Crippen molar-refractivity contribution < 1.29 is 9.53 Å². The van der Waals surface area contributed by atoms with Crippen molar-refractivity contribution in [1.82, 2.24) is 19.9 Å². The lowest BCUT2D eigenvalue weighted by molar-refractivity contribution is 0.0741. The molecule has 128 valence electrons. The van der Waals surface area contributed by atoms with Crippen molar-refractivity contribution in [2.45, 2.75) is 27.2 Å². The van der Waals surface area contributed by atoms with Gasteiger partial charge in [-0.05, 0) is 26.8 Å². The molecule has 0 saturated carbocycles. The Labute approximate surface area is 145 Å². The highest BCUT2D eigenvalue weighted by Gasteiger charge is 2.26. The summed E-state index contributed by atoms with van der Waals surface area (Å²) in [5.41, 5.74) is 4.46. The molecule has 0 bridgehead atoms. The number of carbonyl (C=O) groups excluding carboxylic acids is 1. The van der Waals surface area contributed by atoms with Gasteiger partial charge < -0.3 is 9.64 Å². The first-order chi connectivity index (χ1) is 11.5. The molecule has 6 nitrogen and oxygen atoms in total. The van der Waals surface area contributed by atoms with E-state index in [4.69, 9.17) is 4.74 Å². The summed E-state index contributed by atoms with van der Waals surface area (Å²) in [6.07, 6.45) is 0.716. The number of carbonyl (C=O) groups is 1. The number of hydrogen-bond donors (Lipinski definition) is 0. The zero-order valence-electron chi connectivity index (χ0n) is 14.3. The molecular formula is C17H22N4O2S. The molecule has 1 fully saturated rings. The third kappa shape index (κ3) is 3.96. The largest absolute Gasteiger partial charge is 0.379 e. The zero-order chi connectivity index (χ0) is 17.1. The number of hydrogen-bond acceptors (Lipinski definition) is 6. The summed E-state index contributed by atoms with van der Waals surface area (Å²) in [5.74, 6) is 1.07. The van der Waals surface area contributed by atoms with E-state index in [1.54, 1.807) is 5.51 Å². The van der Waals surface area contributed by atoms with Crippen LogP contribution in [0.15, 0.2) is 11.6 Å². The van der Waals surface area contributed by atoms with Gasteiger partial charge in [-0.3, -0.25) is 4.79 Å². The van der Waals surface area contributed by atoms with Gasteiger partial charge in [0, 0.05) is 36.8 Å². The third-order valence-corrected chi connectivity index (χ3v) is 4.98. The monoisotopic (exact) mass is 346 g/mol. The first kappa shape index (κ1) is 17.0. The Kier molecular flexibility index (Phi) is 5.20. The summed E-state index contributed by atoms with van der Waals surface area (Å²) in [7, 11) is 0. The Morgan fingerprint density at radius 1 is 1.33 bits per heavy atom. The molecule has 7 heteroatoms. The van der Waals surface area contributed by atoms with Crippen LogP contribution in [0.3, 0.4) is 0 Å². The van der Waals surface area contributed by atoms with Crippen LogP contribution in [0.1, 0.15) is 32.6 Å². The van der Waals surface area contributed by atoms with Crippen LogP contribution in [0.2, 0.25) is 0 Å². The van der Waals surface area contributed by atoms with Crippen LogP contribution in [0.4, 0.5) is 0 Å². The quantitative estimate of drug-likeness (QED) is 0.852. The molecule has 0 N–H and O–H groups in total.